The van der Waals surface area contributed by atoms with Crippen LogP contribution < -0.4 is 4.74 Å². The van der Waals surface area contributed by atoms with Crippen molar-refractivity contribution >= 4 is 0 Å². The van der Waals surface area contributed by atoms with Gasteiger partial charge in [-0.2, -0.15) is 0 Å². The normalized spacial score (nSPS) is 10.7. The molecule has 0 spiro atoms. The summed E-state index contributed by atoms with van der Waals surface area (Å²) in [6, 6.07) is 16.0. The van der Waals surface area contributed by atoms with Crippen molar-refractivity contribution in [3.05, 3.63) is 65.5 Å². The Kier molecular flexibility index (Phi) is 4.71. The van der Waals surface area contributed by atoms with E-state index in [0.29, 0.717) is 18.4 Å². The van der Waals surface area contributed by atoms with E-state index in [0.717, 1.165) is 24.2 Å². The third-order valence-electron chi connectivity index (χ3n) is 3.69. The highest BCUT2D eigenvalue weighted by Crippen LogP contribution is 2.22. The van der Waals surface area contributed by atoms with Crippen molar-refractivity contribution < 1.29 is 9.15 Å². The molecule has 0 N–H and O–H groups in total. The first-order valence-electron chi connectivity index (χ1n) is 7.86. The lowest BCUT2D eigenvalue weighted by molar-refractivity contribution is 0.305. The number of benzene rings is 2. The van der Waals surface area contributed by atoms with Crippen LogP contribution in [0.3, 0.4) is 0 Å². The molecule has 0 atom stereocenters. The number of rotatable bonds is 6. The minimum atomic E-state index is 0.555. The van der Waals surface area contributed by atoms with Gasteiger partial charge in [-0.05, 0) is 48.7 Å². The fourth-order valence-corrected chi connectivity index (χ4v) is 2.31. The molecule has 0 aliphatic heterocycles. The first-order valence-corrected chi connectivity index (χ1v) is 7.86. The summed E-state index contributed by atoms with van der Waals surface area (Å²) >= 11 is 0. The Morgan fingerprint density at radius 2 is 1.78 bits per heavy atom. The first kappa shape index (κ1) is 15.3. The van der Waals surface area contributed by atoms with E-state index in [1.165, 1.54) is 11.1 Å². The average molecular weight is 308 g/mol. The van der Waals surface area contributed by atoms with Gasteiger partial charge in [0.2, 0.25) is 11.8 Å². The van der Waals surface area contributed by atoms with Crippen LogP contribution in [0.5, 0.6) is 5.75 Å². The van der Waals surface area contributed by atoms with Gasteiger partial charge in [0.25, 0.3) is 0 Å². The molecule has 3 rings (SSSR count). The fourth-order valence-electron chi connectivity index (χ4n) is 2.31. The molecule has 1 aromatic heterocycles. The molecular weight excluding hydrogens is 288 g/mol. The molecule has 3 aromatic rings. The summed E-state index contributed by atoms with van der Waals surface area (Å²) in [5, 5.41) is 8.12. The SMILES string of the molecule is CCCc1nnc(-c2ccc(OCc3ccccc3C)cc2)o1. The van der Waals surface area contributed by atoms with Crippen LogP contribution in [0.2, 0.25) is 0 Å². The van der Waals surface area contributed by atoms with Gasteiger partial charge in [-0.15, -0.1) is 10.2 Å². The van der Waals surface area contributed by atoms with Crippen LogP contribution in [-0.2, 0) is 13.0 Å². The van der Waals surface area contributed by atoms with Crippen LogP contribution in [0, 0.1) is 6.92 Å². The number of hydrogen-bond acceptors (Lipinski definition) is 4. The highest BCUT2D eigenvalue weighted by molar-refractivity contribution is 5.54. The van der Waals surface area contributed by atoms with Crippen molar-refractivity contribution in [2.24, 2.45) is 0 Å². The second-order valence-corrected chi connectivity index (χ2v) is 5.49. The van der Waals surface area contributed by atoms with E-state index >= 15 is 0 Å². The summed E-state index contributed by atoms with van der Waals surface area (Å²) in [6.07, 6.45) is 1.80. The summed E-state index contributed by atoms with van der Waals surface area (Å²) in [6.45, 7) is 4.74. The number of ether oxygens (including phenoxy) is 1. The average Bonchev–Trinajstić information content (AvgIpc) is 3.04. The molecule has 0 aliphatic carbocycles. The van der Waals surface area contributed by atoms with Crippen LogP contribution in [0.15, 0.2) is 52.9 Å². The van der Waals surface area contributed by atoms with E-state index < -0.39 is 0 Å². The monoisotopic (exact) mass is 308 g/mol. The van der Waals surface area contributed by atoms with Crippen molar-refractivity contribution in [3.8, 4) is 17.2 Å². The predicted octanol–water partition coefficient (Wildman–Crippen LogP) is 4.58. The van der Waals surface area contributed by atoms with Crippen LogP contribution in [0.1, 0.15) is 30.4 Å². The van der Waals surface area contributed by atoms with E-state index in [4.69, 9.17) is 9.15 Å². The van der Waals surface area contributed by atoms with E-state index in [9.17, 15) is 0 Å². The minimum absolute atomic E-state index is 0.555. The Labute approximate surface area is 136 Å². The third kappa shape index (κ3) is 3.77. The third-order valence-corrected chi connectivity index (χ3v) is 3.69. The van der Waals surface area contributed by atoms with Gasteiger partial charge < -0.3 is 9.15 Å². The van der Waals surface area contributed by atoms with Crippen molar-refractivity contribution in [2.45, 2.75) is 33.3 Å². The van der Waals surface area contributed by atoms with Crippen LogP contribution in [0.4, 0.5) is 0 Å². The molecule has 1 heterocycles. The summed E-state index contributed by atoms with van der Waals surface area (Å²) in [5.41, 5.74) is 3.33. The number of aryl methyl sites for hydroxylation is 2. The molecule has 0 unspecified atom stereocenters. The van der Waals surface area contributed by atoms with Crippen molar-refractivity contribution in [3.63, 3.8) is 0 Å². The topological polar surface area (TPSA) is 48.2 Å². The van der Waals surface area contributed by atoms with Gasteiger partial charge in [-0.1, -0.05) is 31.2 Å². The Morgan fingerprint density at radius 3 is 2.52 bits per heavy atom. The summed E-state index contributed by atoms with van der Waals surface area (Å²) in [5.74, 6) is 2.06. The minimum Gasteiger partial charge on any atom is -0.489 e. The van der Waals surface area contributed by atoms with E-state index in [1.807, 2.05) is 36.4 Å². The Balaban J connectivity index is 1.66. The van der Waals surface area contributed by atoms with E-state index in [1.54, 1.807) is 0 Å². The van der Waals surface area contributed by atoms with Crippen molar-refractivity contribution in [1.82, 2.24) is 10.2 Å². The number of nitrogens with zero attached hydrogens (tertiary/aromatic N) is 2. The molecule has 4 heteroatoms. The molecule has 0 saturated carbocycles. The molecule has 0 aliphatic rings. The van der Waals surface area contributed by atoms with Crippen LogP contribution in [0.25, 0.3) is 11.5 Å². The Hall–Kier alpha value is -2.62. The van der Waals surface area contributed by atoms with E-state index in [2.05, 4.69) is 36.2 Å². The van der Waals surface area contributed by atoms with Crippen LogP contribution in [-0.4, -0.2) is 10.2 Å². The maximum absolute atomic E-state index is 5.84. The molecule has 23 heavy (non-hydrogen) atoms. The lowest BCUT2D eigenvalue weighted by Gasteiger charge is -2.08. The molecule has 0 radical (unpaired) electrons. The summed E-state index contributed by atoms with van der Waals surface area (Å²) in [4.78, 5) is 0. The second-order valence-electron chi connectivity index (χ2n) is 5.49. The molecule has 0 saturated heterocycles. The molecule has 118 valence electrons. The Bertz CT molecular complexity index is 763. The maximum Gasteiger partial charge on any atom is 0.247 e. The fraction of sp³-hybridized carbons (Fsp3) is 0.263. The van der Waals surface area contributed by atoms with Crippen LogP contribution >= 0.6 is 0 Å². The van der Waals surface area contributed by atoms with Gasteiger partial charge in [0.05, 0.1) is 0 Å². The summed E-state index contributed by atoms with van der Waals surface area (Å²) < 4.78 is 11.5. The first-order chi connectivity index (χ1) is 11.3. The highest BCUT2D eigenvalue weighted by Gasteiger charge is 2.08. The molecule has 0 fully saturated rings. The van der Waals surface area contributed by atoms with Gasteiger partial charge in [0.15, 0.2) is 0 Å². The number of hydrogen-bond donors (Lipinski definition) is 0. The second kappa shape index (κ2) is 7.09. The smallest absolute Gasteiger partial charge is 0.247 e. The summed E-state index contributed by atoms with van der Waals surface area (Å²) in [7, 11) is 0. The standard InChI is InChI=1S/C19H20N2O2/c1-3-6-18-20-21-19(23-18)15-9-11-17(12-10-15)22-13-16-8-5-4-7-14(16)2/h4-5,7-12H,3,6,13H2,1-2H3. The van der Waals surface area contributed by atoms with Crippen molar-refractivity contribution in [2.75, 3.05) is 0 Å². The van der Waals surface area contributed by atoms with Gasteiger partial charge in [0, 0.05) is 12.0 Å². The number of aromatic nitrogens is 2. The molecular formula is C19H20N2O2. The zero-order valence-corrected chi connectivity index (χ0v) is 13.5. The van der Waals surface area contributed by atoms with Gasteiger partial charge in [-0.25, -0.2) is 0 Å². The van der Waals surface area contributed by atoms with Gasteiger partial charge >= 0.3 is 0 Å². The lowest BCUT2D eigenvalue weighted by Crippen LogP contribution is -1.97. The quantitative estimate of drug-likeness (QED) is 0.669. The highest BCUT2D eigenvalue weighted by atomic mass is 16.5. The zero-order valence-electron chi connectivity index (χ0n) is 13.5. The maximum atomic E-state index is 5.84. The largest absolute Gasteiger partial charge is 0.489 e. The van der Waals surface area contributed by atoms with E-state index in [-0.39, 0.29) is 0 Å². The zero-order chi connectivity index (χ0) is 16.1. The van der Waals surface area contributed by atoms with Gasteiger partial charge in [0.1, 0.15) is 12.4 Å². The molecule has 2 aromatic carbocycles. The van der Waals surface area contributed by atoms with Crippen molar-refractivity contribution in [1.29, 1.82) is 0 Å². The predicted molar refractivity (Wildman–Crippen MR) is 89.2 cm³/mol. The van der Waals surface area contributed by atoms with Gasteiger partial charge in [-0.3, -0.25) is 0 Å². The lowest BCUT2D eigenvalue weighted by atomic mass is 10.1. The molecule has 4 nitrogen and oxygen atoms in total. The molecule has 0 amide bonds. The molecule has 0 bridgehead atoms. The Morgan fingerprint density at radius 1 is 1.00 bits per heavy atom.